The number of hydrogen-bond acceptors (Lipinski definition) is 6. The second-order valence-electron chi connectivity index (χ2n) is 7.66. The van der Waals surface area contributed by atoms with E-state index in [1.54, 1.807) is 17.0 Å². The van der Waals surface area contributed by atoms with Crippen molar-refractivity contribution in [2.75, 3.05) is 35.8 Å². The van der Waals surface area contributed by atoms with E-state index >= 15 is 0 Å². The van der Waals surface area contributed by atoms with E-state index in [9.17, 15) is 27.7 Å². The lowest BCUT2D eigenvalue weighted by atomic mass is 10.1. The van der Waals surface area contributed by atoms with Crippen molar-refractivity contribution in [1.82, 2.24) is 4.90 Å². The molecule has 1 amide bonds. The average Bonchev–Trinajstić information content (AvgIpc) is 2.85. The zero-order chi connectivity index (χ0) is 24.3. The number of sulfonamides is 1. The lowest BCUT2D eigenvalue weighted by molar-refractivity contribution is -0.384. The number of carbonyl (C=O) groups excluding carboxylic acids is 1. The molecule has 4 rings (SSSR count). The van der Waals surface area contributed by atoms with Crippen LogP contribution >= 0.6 is 0 Å². The Balaban J connectivity index is 1.38. The number of nitro benzene ring substituents is 1. The Hall–Kier alpha value is -3.99. The van der Waals surface area contributed by atoms with Gasteiger partial charge >= 0.3 is 0 Å². The molecule has 11 heteroatoms. The molecule has 1 fully saturated rings. The van der Waals surface area contributed by atoms with Crippen molar-refractivity contribution in [3.63, 3.8) is 0 Å². The first kappa shape index (κ1) is 23.2. The number of anilines is 2. The van der Waals surface area contributed by atoms with Gasteiger partial charge in [-0.05, 0) is 48.5 Å². The maximum absolute atomic E-state index is 13.8. The van der Waals surface area contributed by atoms with Gasteiger partial charge in [-0.3, -0.25) is 19.6 Å². The van der Waals surface area contributed by atoms with Gasteiger partial charge in [-0.25, -0.2) is 12.8 Å². The number of hydrogen-bond donors (Lipinski definition) is 1. The minimum absolute atomic E-state index is 0.0205. The summed E-state index contributed by atoms with van der Waals surface area (Å²) in [5.74, 6) is -0.917. The largest absolute Gasteiger partial charge is 0.368 e. The zero-order valence-corrected chi connectivity index (χ0v) is 18.7. The van der Waals surface area contributed by atoms with Crippen LogP contribution in [0.25, 0.3) is 0 Å². The number of rotatable bonds is 6. The van der Waals surface area contributed by atoms with E-state index in [0.29, 0.717) is 31.7 Å². The van der Waals surface area contributed by atoms with Crippen LogP contribution in [-0.4, -0.2) is 50.3 Å². The second-order valence-corrected chi connectivity index (χ2v) is 9.34. The monoisotopic (exact) mass is 484 g/mol. The van der Waals surface area contributed by atoms with Crippen LogP contribution in [0.4, 0.5) is 21.5 Å². The molecule has 0 aromatic heterocycles. The summed E-state index contributed by atoms with van der Waals surface area (Å²) < 4.78 is 41.1. The van der Waals surface area contributed by atoms with Crippen LogP contribution in [0, 0.1) is 15.9 Å². The van der Waals surface area contributed by atoms with Crippen LogP contribution in [0.2, 0.25) is 0 Å². The maximum atomic E-state index is 13.8. The summed E-state index contributed by atoms with van der Waals surface area (Å²) in [5, 5.41) is 10.8. The fourth-order valence-corrected chi connectivity index (χ4v) is 4.73. The molecule has 0 atom stereocenters. The zero-order valence-electron chi connectivity index (χ0n) is 17.9. The summed E-state index contributed by atoms with van der Waals surface area (Å²) in [7, 11) is -4.01. The van der Waals surface area contributed by atoms with E-state index in [4.69, 9.17) is 0 Å². The van der Waals surface area contributed by atoms with E-state index in [-0.39, 0.29) is 22.2 Å². The number of nitrogens with one attached hydrogen (secondary N) is 1. The molecule has 0 saturated carbocycles. The van der Waals surface area contributed by atoms with Crippen molar-refractivity contribution >= 4 is 33.0 Å². The van der Waals surface area contributed by atoms with Crippen LogP contribution in [0.5, 0.6) is 0 Å². The van der Waals surface area contributed by atoms with Crippen LogP contribution in [-0.2, 0) is 10.0 Å². The first-order valence-electron chi connectivity index (χ1n) is 10.4. The Morgan fingerprint density at radius 3 is 2.12 bits per heavy atom. The number of nitro groups is 1. The molecule has 0 spiro atoms. The number of amides is 1. The molecule has 1 N–H and O–H groups in total. The van der Waals surface area contributed by atoms with Gasteiger partial charge in [0.15, 0.2) is 0 Å². The number of halogens is 1. The van der Waals surface area contributed by atoms with Crippen molar-refractivity contribution in [1.29, 1.82) is 0 Å². The highest BCUT2D eigenvalue weighted by molar-refractivity contribution is 7.92. The summed E-state index contributed by atoms with van der Waals surface area (Å²) in [6.45, 7) is 2.01. The van der Waals surface area contributed by atoms with Crippen molar-refractivity contribution in [3.05, 3.63) is 94.3 Å². The highest BCUT2D eigenvalue weighted by Gasteiger charge is 2.23. The minimum Gasteiger partial charge on any atom is -0.368 e. The summed E-state index contributed by atoms with van der Waals surface area (Å²) in [6.07, 6.45) is 0. The summed E-state index contributed by atoms with van der Waals surface area (Å²) >= 11 is 0. The van der Waals surface area contributed by atoms with E-state index in [1.807, 2.05) is 4.90 Å². The van der Waals surface area contributed by atoms with E-state index in [2.05, 4.69) is 4.72 Å². The van der Waals surface area contributed by atoms with Crippen molar-refractivity contribution in [2.45, 2.75) is 4.90 Å². The van der Waals surface area contributed by atoms with E-state index < -0.39 is 20.8 Å². The second kappa shape index (κ2) is 9.48. The molecule has 34 heavy (non-hydrogen) atoms. The summed E-state index contributed by atoms with van der Waals surface area (Å²) in [5.41, 5.74) is 1.05. The van der Waals surface area contributed by atoms with E-state index in [0.717, 1.165) is 11.8 Å². The molecule has 176 valence electrons. The lowest BCUT2D eigenvalue weighted by Crippen LogP contribution is -2.48. The van der Waals surface area contributed by atoms with Crippen LogP contribution in [0.15, 0.2) is 77.7 Å². The number of non-ortho nitro benzene ring substituents is 1. The molecule has 0 radical (unpaired) electrons. The Morgan fingerprint density at radius 1 is 0.912 bits per heavy atom. The fourth-order valence-electron chi connectivity index (χ4n) is 3.66. The normalized spacial score (nSPS) is 14.0. The third kappa shape index (κ3) is 4.99. The smallest absolute Gasteiger partial charge is 0.269 e. The van der Waals surface area contributed by atoms with Gasteiger partial charge in [0, 0.05) is 49.6 Å². The Morgan fingerprint density at radius 2 is 1.53 bits per heavy atom. The fraction of sp³-hybridized carbons (Fsp3) is 0.174. The number of nitrogens with zero attached hydrogens (tertiary/aromatic N) is 3. The predicted octanol–water partition coefficient (Wildman–Crippen LogP) is 3.50. The summed E-state index contributed by atoms with van der Waals surface area (Å²) in [6, 6.07) is 17.2. The maximum Gasteiger partial charge on any atom is 0.269 e. The average molecular weight is 485 g/mol. The number of benzene rings is 3. The minimum atomic E-state index is -4.01. The van der Waals surface area contributed by atoms with Gasteiger partial charge in [-0.1, -0.05) is 12.1 Å². The molecular weight excluding hydrogens is 463 g/mol. The Kier molecular flexibility index (Phi) is 6.46. The number of carbonyl (C=O) groups is 1. The SMILES string of the molecule is O=C(c1ccc(S(=O)(=O)Nc2ccccc2F)cc1)N1CCN(c2ccc([N+](=O)[O-])cc2)CC1. The predicted molar refractivity (Wildman–Crippen MR) is 125 cm³/mol. The standard InChI is InChI=1S/C23H21FN4O5S/c24-21-3-1-2-4-22(21)25-34(32,33)20-11-5-17(6-12-20)23(29)27-15-13-26(14-16-27)18-7-9-19(10-8-18)28(30)31/h1-12,25H,13-16H2. The Bertz CT molecular complexity index is 1310. The first-order chi connectivity index (χ1) is 16.2. The van der Waals surface area contributed by atoms with Gasteiger partial charge in [0.2, 0.25) is 0 Å². The number of para-hydroxylation sites is 1. The molecule has 0 aliphatic carbocycles. The molecule has 3 aromatic carbocycles. The Labute approximate surface area is 195 Å². The van der Waals surface area contributed by atoms with Gasteiger partial charge in [0.25, 0.3) is 21.6 Å². The van der Waals surface area contributed by atoms with Crippen LogP contribution in [0.3, 0.4) is 0 Å². The van der Waals surface area contributed by atoms with Crippen LogP contribution < -0.4 is 9.62 Å². The molecule has 1 aliphatic rings. The first-order valence-corrected chi connectivity index (χ1v) is 11.9. The summed E-state index contributed by atoms with van der Waals surface area (Å²) in [4.78, 5) is 26.9. The molecule has 1 saturated heterocycles. The third-order valence-corrected chi connectivity index (χ3v) is 6.90. The molecule has 9 nitrogen and oxygen atoms in total. The van der Waals surface area contributed by atoms with Crippen molar-refractivity contribution in [3.8, 4) is 0 Å². The van der Waals surface area contributed by atoms with Crippen LogP contribution in [0.1, 0.15) is 10.4 Å². The van der Waals surface area contributed by atoms with Gasteiger partial charge < -0.3 is 9.80 Å². The van der Waals surface area contributed by atoms with Gasteiger partial charge in [0.05, 0.1) is 15.5 Å². The molecule has 3 aromatic rings. The highest BCUT2D eigenvalue weighted by atomic mass is 32.2. The molecule has 1 heterocycles. The van der Waals surface area contributed by atoms with Gasteiger partial charge in [-0.2, -0.15) is 0 Å². The van der Waals surface area contributed by atoms with Gasteiger partial charge in [0.1, 0.15) is 5.82 Å². The molecule has 1 aliphatic heterocycles. The molecule has 0 unspecified atom stereocenters. The quantitative estimate of drug-likeness (QED) is 0.423. The van der Waals surface area contributed by atoms with Crippen molar-refractivity contribution in [2.24, 2.45) is 0 Å². The molecular formula is C23H21FN4O5S. The lowest BCUT2D eigenvalue weighted by Gasteiger charge is -2.36. The molecule has 0 bridgehead atoms. The van der Waals surface area contributed by atoms with Crippen molar-refractivity contribution < 1.29 is 22.5 Å². The van der Waals surface area contributed by atoms with Gasteiger partial charge in [-0.15, -0.1) is 0 Å². The van der Waals surface area contributed by atoms with E-state index in [1.165, 1.54) is 54.6 Å². The number of piperazine rings is 1. The third-order valence-electron chi connectivity index (χ3n) is 5.52. The highest BCUT2D eigenvalue weighted by Crippen LogP contribution is 2.22. The topological polar surface area (TPSA) is 113 Å².